The zero-order valence-electron chi connectivity index (χ0n) is 20.8. The molecule has 0 radical (unpaired) electrons. The Hall–Kier alpha value is -3.12. The lowest BCUT2D eigenvalue weighted by Gasteiger charge is -2.29. The topological polar surface area (TPSA) is 96.7 Å². The molecule has 1 aromatic heterocycles. The van der Waals surface area contributed by atoms with Gasteiger partial charge in [0.1, 0.15) is 5.82 Å². The van der Waals surface area contributed by atoms with Crippen LogP contribution in [0.2, 0.25) is 0 Å². The second-order valence-electron chi connectivity index (χ2n) is 8.85. The van der Waals surface area contributed by atoms with Crippen LogP contribution in [0.1, 0.15) is 44.9 Å². The summed E-state index contributed by atoms with van der Waals surface area (Å²) in [7, 11) is -3.64. The van der Waals surface area contributed by atoms with E-state index in [9.17, 15) is 23.7 Å². The number of aromatic nitrogens is 1. The van der Waals surface area contributed by atoms with Crippen molar-refractivity contribution in [2.75, 3.05) is 0 Å². The first-order valence-corrected chi connectivity index (χ1v) is 13.1. The molecule has 0 saturated carbocycles. The van der Waals surface area contributed by atoms with Gasteiger partial charge in [0.15, 0.2) is 10.9 Å². The van der Waals surface area contributed by atoms with E-state index in [-0.39, 0.29) is 11.7 Å². The summed E-state index contributed by atoms with van der Waals surface area (Å²) >= 11 is 0. The van der Waals surface area contributed by atoms with Gasteiger partial charge in [-0.3, -0.25) is 4.57 Å². The molecule has 0 bridgehead atoms. The van der Waals surface area contributed by atoms with Crippen molar-refractivity contribution in [2.24, 2.45) is 0 Å². The Bertz CT molecular complexity index is 1280. The molecule has 0 spiro atoms. The fraction of sp³-hybridized carbons (Fsp3) is 0.286. The van der Waals surface area contributed by atoms with Crippen molar-refractivity contribution in [3.8, 4) is 28.1 Å². The van der Waals surface area contributed by atoms with Crippen LogP contribution >= 0.6 is 8.03 Å². The summed E-state index contributed by atoms with van der Waals surface area (Å²) in [6.45, 7) is 10.5. The summed E-state index contributed by atoms with van der Waals surface area (Å²) in [4.78, 5) is 28.4. The molecule has 0 amide bonds. The Morgan fingerprint density at radius 1 is 1.14 bits per heavy atom. The van der Waals surface area contributed by atoms with Crippen LogP contribution in [0.25, 0.3) is 22.4 Å². The number of hydrogen-bond donors (Lipinski definition) is 2. The first-order chi connectivity index (χ1) is 17.1. The van der Waals surface area contributed by atoms with Crippen LogP contribution in [0.15, 0.2) is 67.3 Å². The third-order valence-corrected chi connectivity index (χ3v) is 7.76. The molecule has 0 aliphatic rings. The maximum atomic E-state index is 13.8. The van der Waals surface area contributed by atoms with E-state index in [2.05, 4.69) is 6.58 Å². The van der Waals surface area contributed by atoms with Crippen LogP contribution in [0, 0.1) is 5.82 Å². The molecule has 2 aromatic carbocycles. The number of hydrogen-bond acceptors (Lipinski definition) is 5. The van der Waals surface area contributed by atoms with Crippen LogP contribution < -0.4 is 4.74 Å². The Morgan fingerprint density at radius 3 is 2.22 bits per heavy atom. The number of ether oxygens (including phenoxy) is 1. The number of nitrogens with zero attached hydrogens (tertiary/aromatic N) is 1. The molecule has 0 aliphatic heterocycles. The number of carbonyl (C=O) groups excluding carboxylic acids is 1. The summed E-state index contributed by atoms with van der Waals surface area (Å²) in [5, 5.41) is 8.10. The second-order valence-corrected chi connectivity index (χ2v) is 10.3. The minimum atomic E-state index is -3.64. The average Bonchev–Trinajstić information content (AvgIpc) is 2.84. The number of halogens is 1. The lowest BCUT2D eigenvalue weighted by atomic mass is 9.90. The maximum Gasteiger partial charge on any atom is 0.333 e. The van der Waals surface area contributed by atoms with Crippen molar-refractivity contribution in [1.82, 2.24) is 4.98 Å². The van der Waals surface area contributed by atoms with Gasteiger partial charge in [-0.25, -0.2) is 14.2 Å². The van der Waals surface area contributed by atoms with E-state index in [1.807, 2.05) is 51.1 Å². The number of rotatable bonds is 9. The number of pyridine rings is 1. The third-order valence-electron chi connectivity index (χ3n) is 6.23. The standard InChI is InChI=1S/C28H31FNO5P/c1-6-22-23(19-13-15-21(29)16-14-19)26(35-27(32)28(7-2,18(5)31)36(33)34)24(17(3)4)30-25(22)20-11-9-8-10-12-20/h7-18,31,36H,2,6H2,1,3-5H3,(H,33,34). The molecule has 3 unspecified atom stereocenters. The van der Waals surface area contributed by atoms with E-state index >= 15 is 0 Å². The number of aliphatic hydroxyl groups excluding tert-OH is 1. The molecule has 2 N–H and O–H groups in total. The van der Waals surface area contributed by atoms with Gasteiger partial charge in [-0.05, 0) is 42.5 Å². The molecular weight excluding hydrogens is 480 g/mol. The van der Waals surface area contributed by atoms with E-state index in [1.54, 1.807) is 12.1 Å². The van der Waals surface area contributed by atoms with Gasteiger partial charge in [0, 0.05) is 11.1 Å². The lowest BCUT2D eigenvalue weighted by molar-refractivity contribution is -0.138. The molecule has 6 nitrogen and oxygen atoms in total. The monoisotopic (exact) mass is 511 g/mol. The predicted octanol–water partition coefficient (Wildman–Crippen LogP) is 5.92. The molecule has 3 aromatic rings. The second kappa shape index (κ2) is 11.3. The highest BCUT2D eigenvalue weighted by Gasteiger charge is 2.48. The predicted molar refractivity (Wildman–Crippen MR) is 140 cm³/mol. The SMILES string of the molecule is C=CC(C(=O)Oc1c(C(C)C)nc(-c2ccccc2)c(CC)c1-c1ccc(F)cc1)(C(C)O)[PH](=O)O. The van der Waals surface area contributed by atoms with Gasteiger partial charge >= 0.3 is 5.97 Å². The van der Waals surface area contributed by atoms with Crippen molar-refractivity contribution in [1.29, 1.82) is 0 Å². The molecule has 36 heavy (non-hydrogen) atoms. The number of benzene rings is 2. The van der Waals surface area contributed by atoms with Gasteiger partial charge in [-0.15, -0.1) is 6.58 Å². The third kappa shape index (κ3) is 5.05. The van der Waals surface area contributed by atoms with Crippen molar-refractivity contribution < 1.29 is 28.5 Å². The largest absolute Gasteiger partial charge is 0.423 e. The van der Waals surface area contributed by atoms with Crippen LogP contribution in [0.5, 0.6) is 5.75 Å². The summed E-state index contributed by atoms with van der Waals surface area (Å²) in [6.07, 6.45) is -0.0646. The van der Waals surface area contributed by atoms with Crippen LogP contribution in [0.4, 0.5) is 4.39 Å². The Balaban J connectivity index is 2.40. The summed E-state index contributed by atoms with van der Waals surface area (Å²) in [5.74, 6) is -1.64. The molecule has 3 atom stereocenters. The van der Waals surface area contributed by atoms with Crippen molar-refractivity contribution >= 4 is 14.0 Å². The summed E-state index contributed by atoms with van der Waals surface area (Å²) in [6, 6.07) is 15.4. The Labute approximate surface area is 211 Å². The highest BCUT2D eigenvalue weighted by Crippen LogP contribution is 2.46. The van der Waals surface area contributed by atoms with E-state index in [0.717, 1.165) is 17.2 Å². The summed E-state index contributed by atoms with van der Waals surface area (Å²) < 4.78 is 32.0. The molecule has 8 heteroatoms. The maximum absolute atomic E-state index is 13.8. The number of carbonyl (C=O) groups is 1. The number of esters is 1. The van der Waals surface area contributed by atoms with Crippen LogP contribution in [-0.2, 0) is 15.8 Å². The molecule has 1 heterocycles. The molecular formula is C28H31FNO5P. The Morgan fingerprint density at radius 2 is 1.75 bits per heavy atom. The average molecular weight is 512 g/mol. The molecule has 190 valence electrons. The fourth-order valence-electron chi connectivity index (χ4n) is 4.17. The van der Waals surface area contributed by atoms with Crippen molar-refractivity contribution in [3.05, 3.63) is 84.3 Å². The van der Waals surface area contributed by atoms with Crippen LogP contribution in [-0.4, -0.2) is 32.2 Å². The minimum Gasteiger partial charge on any atom is -0.423 e. The van der Waals surface area contributed by atoms with Gasteiger partial charge in [0.2, 0.25) is 8.03 Å². The Kier molecular flexibility index (Phi) is 8.62. The summed E-state index contributed by atoms with van der Waals surface area (Å²) in [5.41, 5.74) is 3.89. The zero-order chi connectivity index (χ0) is 26.6. The van der Waals surface area contributed by atoms with Crippen molar-refractivity contribution in [3.63, 3.8) is 0 Å². The van der Waals surface area contributed by atoms with E-state index < -0.39 is 31.1 Å². The quantitative estimate of drug-likeness (QED) is 0.210. The number of aliphatic hydroxyl groups is 1. The molecule has 3 rings (SSSR count). The van der Waals surface area contributed by atoms with Gasteiger partial charge in [-0.2, -0.15) is 0 Å². The molecule has 0 saturated heterocycles. The lowest BCUT2D eigenvalue weighted by Crippen LogP contribution is -2.46. The van der Waals surface area contributed by atoms with E-state index in [0.29, 0.717) is 28.9 Å². The van der Waals surface area contributed by atoms with Gasteiger partial charge in [0.25, 0.3) is 0 Å². The highest BCUT2D eigenvalue weighted by atomic mass is 31.1. The van der Waals surface area contributed by atoms with E-state index in [4.69, 9.17) is 9.72 Å². The van der Waals surface area contributed by atoms with Gasteiger partial charge < -0.3 is 14.7 Å². The van der Waals surface area contributed by atoms with Gasteiger partial charge in [-0.1, -0.05) is 69.3 Å². The van der Waals surface area contributed by atoms with Crippen LogP contribution in [0.3, 0.4) is 0 Å². The zero-order valence-corrected chi connectivity index (χ0v) is 21.8. The highest BCUT2D eigenvalue weighted by molar-refractivity contribution is 7.42. The smallest absolute Gasteiger partial charge is 0.333 e. The fourth-order valence-corrected chi connectivity index (χ4v) is 4.93. The first kappa shape index (κ1) is 27.5. The molecule has 0 aliphatic carbocycles. The first-order valence-electron chi connectivity index (χ1n) is 11.7. The minimum absolute atomic E-state index is 0.105. The van der Waals surface area contributed by atoms with Gasteiger partial charge in [0.05, 0.1) is 17.5 Å². The normalized spacial score (nSPS) is 14.7. The molecule has 0 fully saturated rings. The van der Waals surface area contributed by atoms with E-state index in [1.165, 1.54) is 19.1 Å². The van der Waals surface area contributed by atoms with Crippen molar-refractivity contribution in [2.45, 2.75) is 51.3 Å².